The molecule has 0 unspecified atom stereocenters. The molecule has 12 heteroatoms. The van der Waals surface area contributed by atoms with Crippen LogP contribution in [0.25, 0.3) is 22.4 Å². The number of aromatic nitrogens is 5. The minimum Gasteiger partial charge on any atom is -0.343 e. The first kappa shape index (κ1) is 22.6. The molecule has 0 aliphatic carbocycles. The van der Waals surface area contributed by atoms with Crippen molar-refractivity contribution in [2.24, 2.45) is 0 Å². The van der Waals surface area contributed by atoms with Crippen molar-refractivity contribution < 1.29 is 22.5 Å². The molecular formula is C21H20BF3N6O2. The largest absolute Gasteiger partial charge is 0.406 e. The number of nitrogens with zero attached hydrogens (tertiary/aromatic N) is 5. The molecule has 0 aliphatic heterocycles. The maximum Gasteiger partial charge on any atom is 0.406 e. The number of hydrogen-bond donors (Lipinski definition) is 1. The van der Waals surface area contributed by atoms with Gasteiger partial charge in [-0.25, -0.2) is 0 Å². The van der Waals surface area contributed by atoms with Gasteiger partial charge in [-0.05, 0) is 38.3 Å². The van der Waals surface area contributed by atoms with Crippen LogP contribution < -0.4 is 10.8 Å². The molecule has 0 aliphatic rings. The van der Waals surface area contributed by atoms with Crippen molar-refractivity contribution in [1.29, 1.82) is 0 Å². The molecule has 170 valence electrons. The number of alkyl halides is 3. The SMILES string of the molecule is [B]c1cccc2c1cc(-c1noc(CNC(=O)c3cnn(C(C)(C)C)c3)n1)n2CC(F)(F)F. The molecule has 0 spiro atoms. The summed E-state index contributed by atoms with van der Waals surface area (Å²) >= 11 is 0. The molecule has 3 heterocycles. The summed E-state index contributed by atoms with van der Waals surface area (Å²) in [5.74, 6) is -0.401. The van der Waals surface area contributed by atoms with E-state index in [9.17, 15) is 18.0 Å². The Bertz CT molecular complexity index is 1320. The normalized spacial score (nSPS) is 12.4. The van der Waals surface area contributed by atoms with Crippen LogP contribution in [0.15, 0.2) is 41.2 Å². The van der Waals surface area contributed by atoms with Crippen molar-refractivity contribution in [3.05, 3.63) is 48.1 Å². The summed E-state index contributed by atoms with van der Waals surface area (Å²) < 4.78 is 47.5. The van der Waals surface area contributed by atoms with E-state index in [1.54, 1.807) is 29.1 Å². The fourth-order valence-corrected chi connectivity index (χ4v) is 3.34. The Hall–Kier alpha value is -3.57. The zero-order chi connectivity index (χ0) is 24.0. The van der Waals surface area contributed by atoms with E-state index in [1.807, 2.05) is 20.8 Å². The van der Waals surface area contributed by atoms with Crippen LogP contribution >= 0.6 is 0 Å². The summed E-state index contributed by atoms with van der Waals surface area (Å²) in [7, 11) is 5.94. The lowest BCUT2D eigenvalue weighted by Gasteiger charge is -2.18. The fraction of sp³-hybridized carbons (Fsp3) is 0.333. The third-order valence-electron chi connectivity index (χ3n) is 4.95. The van der Waals surface area contributed by atoms with E-state index < -0.39 is 18.6 Å². The molecule has 0 saturated carbocycles. The first-order valence-electron chi connectivity index (χ1n) is 10.0. The van der Waals surface area contributed by atoms with Crippen molar-refractivity contribution in [1.82, 2.24) is 29.8 Å². The molecule has 0 fully saturated rings. The van der Waals surface area contributed by atoms with E-state index in [4.69, 9.17) is 12.4 Å². The maximum absolute atomic E-state index is 13.2. The van der Waals surface area contributed by atoms with Gasteiger partial charge in [0.05, 0.1) is 29.5 Å². The lowest BCUT2D eigenvalue weighted by atomic mass is 9.92. The number of hydrogen-bond acceptors (Lipinski definition) is 5. The zero-order valence-electron chi connectivity index (χ0n) is 18.1. The van der Waals surface area contributed by atoms with Crippen molar-refractivity contribution in [3.8, 4) is 11.5 Å². The van der Waals surface area contributed by atoms with Crippen LogP contribution in [0.3, 0.4) is 0 Å². The van der Waals surface area contributed by atoms with Gasteiger partial charge in [0.15, 0.2) is 0 Å². The van der Waals surface area contributed by atoms with Crippen LogP contribution in [0.2, 0.25) is 0 Å². The Labute approximate surface area is 188 Å². The van der Waals surface area contributed by atoms with Crippen LogP contribution in [-0.2, 0) is 18.6 Å². The van der Waals surface area contributed by atoms with Gasteiger partial charge < -0.3 is 14.4 Å². The van der Waals surface area contributed by atoms with Gasteiger partial charge >= 0.3 is 6.18 Å². The number of carbonyl (C=O) groups excluding carboxylic acids is 1. The van der Waals surface area contributed by atoms with E-state index in [2.05, 4.69) is 20.6 Å². The van der Waals surface area contributed by atoms with Gasteiger partial charge in [-0.1, -0.05) is 22.8 Å². The fourth-order valence-electron chi connectivity index (χ4n) is 3.34. The number of rotatable bonds is 5. The first-order chi connectivity index (χ1) is 15.4. The lowest BCUT2D eigenvalue weighted by Crippen LogP contribution is -2.24. The van der Waals surface area contributed by atoms with E-state index >= 15 is 0 Å². The second-order valence-corrected chi connectivity index (χ2v) is 8.55. The highest BCUT2D eigenvalue weighted by atomic mass is 19.4. The first-order valence-corrected chi connectivity index (χ1v) is 10.0. The van der Waals surface area contributed by atoms with Gasteiger partial charge in [-0.3, -0.25) is 9.48 Å². The van der Waals surface area contributed by atoms with Crippen molar-refractivity contribution in [2.75, 3.05) is 0 Å². The number of halogens is 3. The molecule has 1 N–H and O–H groups in total. The van der Waals surface area contributed by atoms with Gasteiger partial charge in [0.2, 0.25) is 11.7 Å². The summed E-state index contributed by atoms with van der Waals surface area (Å²) in [5.41, 5.74) is 0.816. The van der Waals surface area contributed by atoms with Crippen LogP contribution in [0, 0.1) is 0 Å². The molecule has 1 aromatic carbocycles. The predicted molar refractivity (Wildman–Crippen MR) is 115 cm³/mol. The predicted octanol–water partition coefficient (Wildman–Crippen LogP) is 2.93. The highest BCUT2D eigenvalue weighted by Crippen LogP contribution is 2.29. The summed E-state index contributed by atoms with van der Waals surface area (Å²) in [6, 6.07) is 6.21. The smallest absolute Gasteiger partial charge is 0.343 e. The van der Waals surface area contributed by atoms with Gasteiger partial charge in [0.1, 0.15) is 14.4 Å². The molecule has 3 aromatic heterocycles. The van der Waals surface area contributed by atoms with E-state index in [0.29, 0.717) is 21.9 Å². The van der Waals surface area contributed by atoms with Crippen molar-refractivity contribution in [3.63, 3.8) is 0 Å². The topological polar surface area (TPSA) is 90.8 Å². The minimum atomic E-state index is -4.47. The summed E-state index contributed by atoms with van der Waals surface area (Å²) in [6.07, 6.45) is -1.41. The number of fused-ring (bicyclic) bond motifs is 1. The standard InChI is InChI=1S/C21H20BF3N6O2/c1-20(2,3)31-10-12(8-27-31)19(32)26-9-17-28-18(29-33-17)16-7-13-14(22)5-4-6-15(13)30(16)11-21(23,24)25/h4-8,10H,9,11H2,1-3H3,(H,26,32). The third-order valence-corrected chi connectivity index (χ3v) is 4.95. The minimum absolute atomic E-state index is 0.0401. The maximum atomic E-state index is 13.2. The third kappa shape index (κ3) is 4.79. The molecule has 0 atom stereocenters. The van der Waals surface area contributed by atoms with Crippen LogP contribution in [0.4, 0.5) is 13.2 Å². The Morgan fingerprint density at radius 3 is 2.67 bits per heavy atom. The summed E-state index contributed by atoms with van der Waals surface area (Å²) in [4.78, 5) is 16.6. The van der Waals surface area contributed by atoms with E-state index in [1.165, 1.54) is 12.3 Å². The average molecular weight is 456 g/mol. The monoisotopic (exact) mass is 456 g/mol. The lowest BCUT2D eigenvalue weighted by molar-refractivity contribution is -0.139. The Morgan fingerprint density at radius 1 is 1.24 bits per heavy atom. The second kappa shape index (κ2) is 8.09. The second-order valence-electron chi connectivity index (χ2n) is 8.55. The quantitative estimate of drug-likeness (QED) is 0.467. The Balaban J connectivity index is 1.56. The van der Waals surface area contributed by atoms with Crippen molar-refractivity contribution in [2.45, 2.75) is 45.6 Å². The van der Waals surface area contributed by atoms with Gasteiger partial charge in [-0.15, -0.1) is 0 Å². The Kier molecular flexibility index (Phi) is 5.55. The molecule has 4 rings (SSSR count). The van der Waals surface area contributed by atoms with E-state index in [-0.39, 0.29) is 29.5 Å². The number of carbonyl (C=O) groups is 1. The van der Waals surface area contributed by atoms with Gasteiger partial charge in [0, 0.05) is 11.7 Å². The molecule has 1 amide bonds. The number of amides is 1. The molecular weight excluding hydrogens is 436 g/mol. The summed E-state index contributed by atoms with van der Waals surface area (Å²) in [5, 5.41) is 11.1. The van der Waals surface area contributed by atoms with Gasteiger partial charge in [-0.2, -0.15) is 23.3 Å². The Morgan fingerprint density at radius 2 is 2.00 bits per heavy atom. The molecule has 0 bridgehead atoms. The summed E-state index contributed by atoms with van der Waals surface area (Å²) in [6.45, 7) is 4.51. The van der Waals surface area contributed by atoms with Crippen molar-refractivity contribution >= 4 is 30.1 Å². The van der Waals surface area contributed by atoms with Crippen LogP contribution in [0.5, 0.6) is 0 Å². The highest BCUT2D eigenvalue weighted by Gasteiger charge is 2.31. The van der Waals surface area contributed by atoms with Crippen LogP contribution in [0.1, 0.15) is 37.0 Å². The van der Waals surface area contributed by atoms with E-state index in [0.717, 1.165) is 4.57 Å². The molecule has 4 aromatic rings. The highest BCUT2D eigenvalue weighted by molar-refractivity contribution is 6.38. The number of benzene rings is 1. The number of nitrogens with one attached hydrogen (secondary N) is 1. The molecule has 8 nitrogen and oxygen atoms in total. The van der Waals surface area contributed by atoms with Crippen LogP contribution in [-0.4, -0.2) is 44.4 Å². The molecule has 2 radical (unpaired) electrons. The average Bonchev–Trinajstić information content (AvgIpc) is 3.44. The zero-order valence-corrected chi connectivity index (χ0v) is 18.1. The molecule has 33 heavy (non-hydrogen) atoms. The van der Waals surface area contributed by atoms with Gasteiger partial charge in [0.25, 0.3) is 5.91 Å². The molecule has 0 saturated heterocycles.